The first-order chi connectivity index (χ1) is 8.61. The van der Waals surface area contributed by atoms with E-state index in [0.29, 0.717) is 16.5 Å². The highest BCUT2D eigenvalue weighted by Gasteiger charge is 2.29. The van der Waals surface area contributed by atoms with Crippen LogP contribution in [0.1, 0.15) is 39.0 Å². The summed E-state index contributed by atoms with van der Waals surface area (Å²) in [5.41, 5.74) is 5.97. The predicted molar refractivity (Wildman–Crippen MR) is 73.3 cm³/mol. The highest BCUT2D eigenvalue weighted by Crippen LogP contribution is 2.33. The molecule has 0 amide bonds. The van der Waals surface area contributed by atoms with Crippen LogP contribution in [0.15, 0.2) is 23.1 Å². The first-order valence-corrected chi connectivity index (χ1v) is 7.79. The molecule has 1 aliphatic carbocycles. The second kappa shape index (κ2) is 5.83. The molecule has 1 aromatic rings. The summed E-state index contributed by atoms with van der Waals surface area (Å²) in [5.74, 6) is 0.0892. The van der Waals surface area contributed by atoms with Gasteiger partial charge in [0.15, 0.2) is 0 Å². The van der Waals surface area contributed by atoms with Gasteiger partial charge in [0.05, 0.1) is 10.8 Å². The molecule has 0 bridgehead atoms. The Morgan fingerprint density at radius 2 is 2.06 bits per heavy atom. The summed E-state index contributed by atoms with van der Waals surface area (Å²) in [6.45, 7) is 2.14. The minimum Gasteiger partial charge on any atom is -0.399 e. The van der Waals surface area contributed by atoms with Crippen LogP contribution in [0.4, 0.5) is 10.1 Å². The molecule has 0 saturated heterocycles. The molecule has 1 saturated carbocycles. The van der Waals surface area contributed by atoms with E-state index in [1.54, 1.807) is 6.07 Å². The molecule has 0 aliphatic heterocycles. The van der Waals surface area contributed by atoms with Gasteiger partial charge in [0.1, 0.15) is 5.82 Å². The van der Waals surface area contributed by atoms with Gasteiger partial charge in [-0.25, -0.2) is 4.39 Å². The summed E-state index contributed by atoms with van der Waals surface area (Å²) in [4.78, 5) is 0.540. The lowest BCUT2D eigenvalue weighted by Crippen LogP contribution is -2.28. The lowest BCUT2D eigenvalue weighted by molar-refractivity contribution is 0.355. The number of hydrogen-bond donors (Lipinski definition) is 1. The van der Waals surface area contributed by atoms with Crippen LogP contribution < -0.4 is 5.73 Å². The second-order valence-electron chi connectivity index (χ2n) is 5.01. The average molecular weight is 269 g/mol. The van der Waals surface area contributed by atoms with Crippen molar-refractivity contribution < 1.29 is 8.60 Å². The molecule has 0 heterocycles. The third-order valence-electron chi connectivity index (χ3n) is 3.76. The molecule has 3 unspecified atom stereocenters. The number of benzene rings is 1. The minimum atomic E-state index is -1.14. The highest BCUT2D eigenvalue weighted by atomic mass is 32.2. The van der Waals surface area contributed by atoms with Gasteiger partial charge in [0.25, 0.3) is 0 Å². The summed E-state index contributed by atoms with van der Waals surface area (Å²) < 4.78 is 25.9. The van der Waals surface area contributed by atoms with E-state index in [2.05, 4.69) is 6.92 Å². The molecule has 1 fully saturated rings. The fourth-order valence-corrected chi connectivity index (χ4v) is 4.69. The first-order valence-electron chi connectivity index (χ1n) is 6.58. The van der Waals surface area contributed by atoms with Crippen molar-refractivity contribution in [3.63, 3.8) is 0 Å². The summed E-state index contributed by atoms with van der Waals surface area (Å²) in [7, 11) is -1.14. The van der Waals surface area contributed by atoms with Crippen molar-refractivity contribution in [3.8, 4) is 0 Å². The van der Waals surface area contributed by atoms with Crippen LogP contribution >= 0.6 is 0 Å². The van der Waals surface area contributed by atoms with Crippen molar-refractivity contribution >= 4 is 16.5 Å². The Labute approximate surface area is 110 Å². The maximum Gasteiger partial charge on any atom is 0.126 e. The summed E-state index contributed by atoms with van der Waals surface area (Å²) in [6.07, 6.45) is 5.50. The van der Waals surface area contributed by atoms with Gasteiger partial charge in [-0.3, -0.25) is 4.21 Å². The minimum absolute atomic E-state index is 0.157. The molecular formula is C14H20FNOS. The fourth-order valence-electron chi connectivity index (χ4n) is 2.80. The number of nitrogen functional groups attached to an aromatic ring is 1. The van der Waals surface area contributed by atoms with Gasteiger partial charge in [-0.2, -0.15) is 0 Å². The zero-order valence-corrected chi connectivity index (χ0v) is 11.5. The molecule has 0 spiro atoms. The Morgan fingerprint density at radius 3 is 2.72 bits per heavy atom. The second-order valence-corrected chi connectivity index (χ2v) is 6.68. The Morgan fingerprint density at radius 1 is 1.33 bits per heavy atom. The number of rotatable bonds is 3. The lowest BCUT2D eigenvalue weighted by atomic mass is 9.87. The summed E-state index contributed by atoms with van der Waals surface area (Å²) >= 11 is 0. The molecule has 0 radical (unpaired) electrons. The molecule has 2 rings (SSSR count). The Hall–Kier alpha value is -0.900. The van der Waals surface area contributed by atoms with E-state index in [4.69, 9.17) is 5.73 Å². The third kappa shape index (κ3) is 2.91. The maximum atomic E-state index is 13.3. The van der Waals surface area contributed by atoms with E-state index in [9.17, 15) is 8.60 Å². The van der Waals surface area contributed by atoms with E-state index < -0.39 is 16.6 Å². The number of hydrogen-bond acceptors (Lipinski definition) is 2. The van der Waals surface area contributed by atoms with Crippen LogP contribution in [0.2, 0.25) is 0 Å². The first kappa shape index (κ1) is 13.5. The number of nitrogens with two attached hydrogens (primary N) is 1. The van der Waals surface area contributed by atoms with Gasteiger partial charge in [-0.15, -0.1) is 0 Å². The van der Waals surface area contributed by atoms with E-state index in [1.165, 1.54) is 18.6 Å². The average Bonchev–Trinajstić information content (AvgIpc) is 2.36. The molecule has 100 valence electrons. The predicted octanol–water partition coefficient (Wildman–Crippen LogP) is 3.48. The van der Waals surface area contributed by atoms with Crippen molar-refractivity contribution in [3.05, 3.63) is 24.0 Å². The van der Waals surface area contributed by atoms with E-state index in [0.717, 1.165) is 25.7 Å². The summed E-state index contributed by atoms with van der Waals surface area (Å²) in [6, 6.07) is 4.26. The van der Waals surface area contributed by atoms with Crippen molar-refractivity contribution in [2.45, 2.75) is 49.2 Å². The van der Waals surface area contributed by atoms with Gasteiger partial charge in [-0.1, -0.05) is 26.2 Å². The van der Waals surface area contributed by atoms with Crippen molar-refractivity contribution in [2.24, 2.45) is 5.92 Å². The largest absolute Gasteiger partial charge is 0.399 e. The van der Waals surface area contributed by atoms with Crippen LogP contribution in [-0.4, -0.2) is 9.46 Å². The third-order valence-corrected chi connectivity index (χ3v) is 5.64. The quantitative estimate of drug-likeness (QED) is 0.854. The highest BCUT2D eigenvalue weighted by molar-refractivity contribution is 7.85. The van der Waals surface area contributed by atoms with Gasteiger partial charge in [-0.05, 0) is 37.0 Å². The Balaban J connectivity index is 2.23. The molecule has 2 N–H and O–H groups in total. The van der Waals surface area contributed by atoms with Crippen LogP contribution in [-0.2, 0) is 10.8 Å². The van der Waals surface area contributed by atoms with Gasteiger partial charge < -0.3 is 5.73 Å². The zero-order chi connectivity index (χ0) is 13.1. The maximum absolute atomic E-state index is 13.3. The van der Waals surface area contributed by atoms with Crippen molar-refractivity contribution in [1.82, 2.24) is 0 Å². The number of halogens is 1. The van der Waals surface area contributed by atoms with Crippen LogP contribution in [0.5, 0.6) is 0 Å². The fraction of sp³-hybridized carbons (Fsp3) is 0.571. The molecule has 1 aromatic carbocycles. The van der Waals surface area contributed by atoms with Gasteiger partial charge in [0, 0.05) is 15.8 Å². The van der Waals surface area contributed by atoms with Crippen molar-refractivity contribution in [1.29, 1.82) is 0 Å². The van der Waals surface area contributed by atoms with Crippen LogP contribution in [0, 0.1) is 11.7 Å². The van der Waals surface area contributed by atoms with E-state index >= 15 is 0 Å². The normalized spacial score (nSPS) is 25.9. The van der Waals surface area contributed by atoms with E-state index in [1.807, 2.05) is 0 Å². The standard InChI is InChI=1S/C14H20FNOS/c1-2-10-5-3-4-6-14(10)18(17)13-8-11(15)7-12(16)9-13/h7-10,14H,2-6,16H2,1H3. The lowest BCUT2D eigenvalue weighted by Gasteiger charge is -2.30. The molecule has 1 aliphatic rings. The smallest absolute Gasteiger partial charge is 0.126 e. The molecule has 2 nitrogen and oxygen atoms in total. The number of anilines is 1. The molecule has 3 atom stereocenters. The topological polar surface area (TPSA) is 43.1 Å². The van der Waals surface area contributed by atoms with Crippen molar-refractivity contribution in [2.75, 3.05) is 5.73 Å². The molecule has 18 heavy (non-hydrogen) atoms. The summed E-state index contributed by atoms with van der Waals surface area (Å²) in [5, 5.41) is 0.157. The molecule has 4 heteroatoms. The molecular weight excluding hydrogens is 249 g/mol. The SMILES string of the molecule is CCC1CCCCC1S(=O)c1cc(N)cc(F)c1. The zero-order valence-electron chi connectivity index (χ0n) is 10.7. The van der Waals surface area contributed by atoms with Crippen LogP contribution in [0.25, 0.3) is 0 Å². The van der Waals surface area contributed by atoms with Gasteiger partial charge in [0.2, 0.25) is 0 Å². The van der Waals surface area contributed by atoms with Crippen LogP contribution in [0.3, 0.4) is 0 Å². The Kier molecular flexibility index (Phi) is 4.38. The monoisotopic (exact) mass is 269 g/mol. The molecule has 0 aromatic heterocycles. The van der Waals surface area contributed by atoms with E-state index in [-0.39, 0.29) is 5.25 Å². The Bertz CT molecular complexity index is 429. The van der Waals surface area contributed by atoms with Gasteiger partial charge >= 0.3 is 0 Å².